The molecule has 0 aliphatic carbocycles. The molecule has 3 amide bonds. The van der Waals surface area contributed by atoms with E-state index >= 15 is 0 Å². The summed E-state index contributed by atoms with van der Waals surface area (Å²) in [5, 5.41) is 1.20. The van der Waals surface area contributed by atoms with Gasteiger partial charge in [0.25, 0.3) is 5.91 Å². The molecule has 68 valence electrons. The summed E-state index contributed by atoms with van der Waals surface area (Å²) in [6, 6.07) is -0.767. The van der Waals surface area contributed by atoms with Crippen LogP contribution in [0.25, 0.3) is 0 Å². The summed E-state index contributed by atoms with van der Waals surface area (Å²) in [5.41, 5.74) is 2.41. The molecule has 1 unspecified atom stereocenters. The van der Waals surface area contributed by atoms with Crippen molar-refractivity contribution >= 4 is 11.9 Å². The number of nitrogens with one attached hydrogen (secondary N) is 1. The number of hydrogen-bond donors (Lipinski definition) is 1. The number of likely N-dealkylation sites (N-methyl/N-ethyl adjacent to an activating group) is 1. The van der Waals surface area contributed by atoms with Crippen LogP contribution in [-0.2, 0) is 4.79 Å². The van der Waals surface area contributed by atoms with Gasteiger partial charge in [-0.15, -0.1) is 0 Å². The number of urea groups is 1. The van der Waals surface area contributed by atoms with Gasteiger partial charge in [-0.2, -0.15) is 0 Å². The minimum Gasteiger partial charge on any atom is -0.284 e. The SMILES string of the molecule is CN1NC(=O)N2C=CC=CC2C1=O. The van der Waals surface area contributed by atoms with E-state index in [0.717, 1.165) is 0 Å². The molecule has 1 fully saturated rings. The molecule has 1 atom stereocenters. The molecular formula is C8H9N3O2. The number of fused-ring (bicyclic) bond motifs is 1. The number of carbonyl (C=O) groups is 2. The van der Waals surface area contributed by atoms with Crippen molar-refractivity contribution < 1.29 is 9.59 Å². The molecule has 13 heavy (non-hydrogen) atoms. The van der Waals surface area contributed by atoms with E-state index in [1.807, 2.05) is 0 Å². The van der Waals surface area contributed by atoms with Crippen LogP contribution in [0.1, 0.15) is 0 Å². The fourth-order valence-electron chi connectivity index (χ4n) is 1.35. The molecule has 2 heterocycles. The Bertz CT molecular complexity index is 321. The summed E-state index contributed by atoms with van der Waals surface area (Å²) in [7, 11) is 1.53. The Morgan fingerprint density at radius 2 is 2.15 bits per heavy atom. The molecular weight excluding hydrogens is 170 g/mol. The Morgan fingerprint density at radius 3 is 2.92 bits per heavy atom. The van der Waals surface area contributed by atoms with Crippen LogP contribution >= 0.6 is 0 Å². The van der Waals surface area contributed by atoms with Gasteiger partial charge in [0.05, 0.1) is 0 Å². The summed E-state index contributed by atoms with van der Waals surface area (Å²) in [6.07, 6.45) is 6.75. The topological polar surface area (TPSA) is 52.7 Å². The quantitative estimate of drug-likeness (QED) is 0.561. The molecule has 2 aliphatic rings. The van der Waals surface area contributed by atoms with Crippen LogP contribution in [0.3, 0.4) is 0 Å². The van der Waals surface area contributed by atoms with E-state index in [0.29, 0.717) is 0 Å². The summed E-state index contributed by atoms with van der Waals surface area (Å²) in [6.45, 7) is 0. The number of hydrogen-bond acceptors (Lipinski definition) is 2. The first-order valence-electron chi connectivity index (χ1n) is 3.91. The highest BCUT2D eigenvalue weighted by Crippen LogP contribution is 2.14. The normalized spacial score (nSPS) is 26.1. The van der Waals surface area contributed by atoms with Gasteiger partial charge in [0.15, 0.2) is 0 Å². The van der Waals surface area contributed by atoms with E-state index in [2.05, 4.69) is 5.43 Å². The second-order valence-electron chi connectivity index (χ2n) is 2.89. The average molecular weight is 179 g/mol. The van der Waals surface area contributed by atoms with Crippen LogP contribution in [0.5, 0.6) is 0 Å². The second kappa shape index (κ2) is 2.62. The first-order chi connectivity index (χ1) is 6.20. The van der Waals surface area contributed by atoms with Gasteiger partial charge in [0, 0.05) is 13.2 Å². The molecule has 0 radical (unpaired) electrons. The Balaban J connectivity index is 2.32. The molecule has 0 spiro atoms. The van der Waals surface area contributed by atoms with Gasteiger partial charge in [0.2, 0.25) is 0 Å². The first-order valence-corrected chi connectivity index (χ1v) is 3.91. The van der Waals surface area contributed by atoms with Crippen molar-refractivity contribution in [3.05, 3.63) is 24.4 Å². The number of hydrazine groups is 1. The van der Waals surface area contributed by atoms with Gasteiger partial charge in [-0.3, -0.25) is 14.7 Å². The van der Waals surface area contributed by atoms with E-state index in [9.17, 15) is 9.59 Å². The maximum Gasteiger partial charge on any atom is 0.341 e. The molecule has 2 aliphatic heterocycles. The Labute approximate surface area is 75.3 Å². The molecule has 5 nitrogen and oxygen atoms in total. The third kappa shape index (κ3) is 1.09. The summed E-state index contributed by atoms with van der Waals surface area (Å²) in [5.74, 6) is -0.139. The van der Waals surface area contributed by atoms with Crippen molar-refractivity contribution in [1.82, 2.24) is 15.3 Å². The van der Waals surface area contributed by atoms with Crippen molar-refractivity contribution in [2.45, 2.75) is 6.04 Å². The third-order valence-electron chi connectivity index (χ3n) is 2.03. The van der Waals surface area contributed by atoms with Gasteiger partial charge in [-0.1, -0.05) is 12.2 Å². The number of rotatable bonds is 0. The van der Waals surface area contributed by atoms with E-state index in [1.54, 1.807) is 24.4 Å². The molecule has 0 aromatic heterocycles. The predicted molar refractivity (Wildman–Crippen MR) is 45.2 cm³/mol. The van der Waals surface area contributed by atoms with Crippen LogP contribution in [0.15, 0.2) is 24.4 Å². The second-order valence-corrected chi connectivity index (χ2v) is 2.89. The highest BCUT2D eigenvalue weighted by atomic mass is 16.2. The molecule has 1 saturated heterocycles. The van der Waals surface area contributed by atoms with E-state index in [1.165, 1.54) is 17.0 Å². The number of nitrogens with zero attached hydrogens (tertiary/aromatic N) is 2. The first kappa shape index (κ1) is 7.85. The lowest BCUT2D eigenvalue weighted by atomic mass is 10.1. The van der Waals surface area contributed by atoms with E-state index in [-0.39, 0.29) is 11.9 Å². The molecule has 0 aromatic carbocycles. The fraction of sp³-hybridized carbons (Fsp3) is 0.250. The lowest BCUT2D eigenvalue weighted by molar-refractivity contribution is -0.137. The van der Waals surface area contributed by atoms with Crippen LogP contribution in [0.2, 0.25) is 0 Å². The Morgan fingerprint density at radius 1 is 1.38 bits per heavy atom. The summed E-state index contributed by atoms with van der Waals surface area (Å²) in [4.78, 5) is 24.2. The lowest BCUT2D eigenvalue weighted by Gasteiger charge is -2.36. The van der Waals surface area contributed by atoms with Gasteiger partial charge in [0.1, 0.15) is 6.04 Å². The number of carbonyl (C=O) groups excluding carboxylic acids is 2. The standard InChI is InChI=1S/C8H9N3O2/c1-10-7(12)6-4-2-3-5-11(6)8(13)9-10/h2-6H,1H3,(H,9,13). The van der Waals surface area contributed by atoms with Crippen molar-refractivity contribution in [1.29, 1.82) is 0 Å². The number of allylic oxidation sites excluding steroid dienone is 2. The summed E-state index contributed by atoms with van der Waals surface area (Å²) >= 11 is 0. The summed E-state index contributed by atoms with van der Waals surface area (Å²) < 4.78 is 0. The molecule has 2 rings (SSSR count). The molecule has 5 heteroatoms. The van der Waals surface area contributed by atoms with Gasteiger partial charge in [-0.25, -0.2) is 10.2 Å². The molecule has 0 bridgehead atoms. The zero-order valence-electron chi connectivity index (χ0n) is 7.10. The van der Waals surface area contributed by atoms with E-state index in [4.69, 9.17) is 0 Å². The van der Waals surface area contributed by atoms with Crippen LogP contribution < -0.4 is 5.43 Å². The Kier molecular flexibility index (Phi) is 1.58. The van der Waals surface area contributed by atoms with Crippen molar-refractivity contribution in [2.24, 2.45) is 0 Å². The molecule has 0 saturated carbocycles. The van der Waals surface area contributed by atoms with Gasteiger partial charge in [-0.05, 0) is 6.08 Å². The third-order valence-corrected chi connectivity index (χ3v) is 2.03. The minimum absolute atomic E-state index is 0.139. The predicted octanol–water partition coefficient (Wildman–Crippen LogP) is -0.163. The highest BCUT2D eigenvalue weighted by Gasteiger charge is 2.35. The van der Waals surface area contributed by atoms with Crippen molar-refractivity contribution in [2.75, 3.05) is 7.05 Å². The average Bonchev–Trinajstić information content (AvgIpc) is 2.15. The number of amides is 3. The van der Waals surface area contributed by atoms with Crippen LogP contribution in [0.4, 0.5) is 4.79 Å². The largest absolute Gasteiger partial charge is 0.341 e. The Hall–Kier alpha value is -1.78. The maximum absolute atomic E-state index is 11.5. The van der Waals surface area contributed by atoms with Gasteiger partial charge >= 0.3 is 6.03 Å². The lowest BCUT2D eigenvalue weighted by Crippen LogP contribution is -2.62. The zero-order chi connectivity index (χ0) is 9.42. The fourth-order valence-corrected chi connectivity index (χ4v) is 1.35. The monoisotopic (exact) mass is 179 g/mol. The molecule has 0 aromatic rings. The highest BCUT2D eigenvalue weighted by molar-refractivity contribution is 5.94. The van der Waals surface area contributed by atoms with E-state index < -0.39 is 6.04 Å². The van der Waals surface area contributed by atoms with Crippen molar-refractivity contribution in [3.63, 3.8) is 0 Å². The smallest absolute Gasteiger partial charge is 0.284 e. The zero-order valence-corrected chi connectivity index (χ0v) is 7.10. The van der Waals surface area contributed by atoms with Crippen molar-refractivity contribution in [3.8, 4) is 0 Å². The minimum atomic E-state index is -0.483. The van der Waals surface area contributed by atoms with Crippen LogP contribution in [0, 0.1) is 0 Å². The maximum atomic E-state index is 11.5. The van der Waals surface area contributed by atoms with Gasteiger partial charge < -0.3 is 0 Å². The molecule has 1 N–H and O–H groups in total. The van der Waals surface area contributed by atoms with Crippen LogP contribution in [-0.4, -0.2) is 34.9 Å².